The fourth-order valence-electron chi connectivity index (χ4n) is 5.41. The Labute approximate surface area is 168 Å². The summed E-state index contributed by atoms with van der Waals surface area (Å²) in [6.45, 7) is 0. The molecule has 1 unspecified atom stereocenters. The molecule has 2 heterocycles. The number of benzene rings is 2. The van der Waals surface area contributed by atoms with Crippen LogP contribution in [-0.4, -0.2) is 35.8 Å². The van der Waals surface area contributed by atoms with Gasteiger partial charge in [-0.05, 0) is 23.5 Å². The van der Waals surface area contributed by atoms with Crippen LogP contribution >= 0.6 is 0 Å². The highest BCUT2D eigenvalue weighted by Gasteiger charge is 2.50. The van der Waals surface area contributed by atoms with Crippen molar-refractivity contribution in [2.75, 3.05) is 14.1 Å². The first-order chi connectivity index (χ1) is 12.0. The summed E-state index contributed by atoms with van der Waals surface area (Å²) in [6, 6.07) is 22.0. The predicted molar refractivity (Wildman–Crippen MR) is 102 cm³/mol. The molecule has 0 spiro atoms. The van der Waals surface area contributed by atoms with Crippen molar-refractivity contribution in [1.29, 1.82) is 0 Å². The first-order valence-electron chi connectivity index (χ1n) is 9.67. The Morgan fingerprint density at radius 2 is 1.27 bits per heavy atom. The number of nitrogens with zero attached hydrogens (tertiary/aromatic N) is 1. The Bertz CT molecular complexity index is 660. The minimum atomic E-state index is -0.888. The van der Waals surface area contributed by atoms with Crippen LogP contribution in [0.4, 0.5) is 0 Å². The zero-order valence-corrected chi connectivity index (χ0v) is 17.4. The Morgan fingerprint density at radius 3 is 1.69 bits per heavy atom. The van der Waals surface area contributed by atoms with Gasteiger partial charge >= 0.3 is 0 Å². The lowest BCUT2D eigenvalue weighted by molar-refractivity contribution is -0.931. The van der Waals surface area contributed by atoms with Crippen LogP contribution in [0.2, 0.25) is 0 Å². The molecular weight excluding hydrogens is 386 g/mol. The lowest BCUT2D eigenvalue weighted by Gasteiger charge is -2.46. The van der Waals surface area contributed by atoms with E-state index in [2.05, 4.69) is 38.4 Å². The van der Waals surface area contributed by atoms with Crippen molar-refractivity contribution < 1.29 is 26.6 Å². The van der Waals surface area contributed by atoms with Gasteiger partial charge < -0.3 is 26.6 Å². The van der Waals surface area contributed by atoms with E-state index in [4.69, 9.17) is 0 Å². The fourth-order valence-corrected chi connectivity index (χ4v) is 5.41. The van der Waals surface area contributed by atoms with Gasteiger partial charge in [0, 0.05) is 25.7 Å². The summed E-state index contributed by atoms with van der Waals surface area (Å²) >= 11 is 0. The average molecular weight is 416 g/mol. The molecule has 0 amide bonds. The Balaban J connectivity index is 0.00000196. The van der Waals surface area contributed by atoms with Crippen LogP contribution < -0.4 is 17.0 Å². The van der Waals surface area contributed by atoms with Crippen molar-refractivity contribution in [2.45, 2.75) is 49.8 Å². The van der Waals surface area contributed by atoms with E-state index in [0.29, 0.717) is 5.92 Å². The van der Waals surface area contributed by atoms with Crippen LogP contribution in [0.1, 0.15) is 43.2 Å². The van der Waals surface area contributed by atoms with Crippen LogP contribution in [0.15, 0.2) is 60.7 Å². The molecule has 1 N–H and O–H groups in total. The smallest absolute Gasteiger partial charge is 0.115 e. The number of aliphatic hydroxyl groups is 1. The number of piperidine rings is 1. The van der Waals surface area contributed by atoms with Gasteiger partial charge in [0.2, 0.25) is 0 Å². The van der Waals surface area contributed by atoms with Gasteiger partial charge in [-0.2, -0.15) is 0 Å². The molecule has 2 fully saturated rings. The fraction of sp³-hybridized carbons (Fsp3) is 0.478. The summed E-state index contributed by atoms with van der Waals surface area (Å²) in [6.07, 6.45) is 6.01. The maximum absolute atomic E-state index is 11.8. The second-order valence-electron chi connectivity index (χ2n) is 8.65. The second kappa shape index (κ2) is 7.46. The molecule has 3 atom stereocenters. The Hall–Kier alpha value is -1.16. The monoisotopic (exact) mass is 415 g/mol. The lowest BCUT2D eigenvalue weighted by Crippen LogP contribution is -3.00. The molecule has 0 aromatic heterocycles. The lowest BCUT2D eigenvalue weighted by atomic mass is 9.75. The van der Waals surface area contributed by atoms with E-state index in [9.17, 15) is 5.11 Å². The van der Waals surface area contributed by atoms with Crippen LogP contribution in [0, 0.1) is 5.92 Å². The van der Waals surface area contributed by atoms with E-state index < -0.39 is 5.60 Å². The summed E-state index contributed by atoms with van der Waals surface area (Å²) in [4.78, 5) is 0. The number of rotatable bonds is 4. The van der Waals surface area contributed by atoms with Gasteiger partial charge in [-0.1, -0.05) is 60.7 Å². The second-order valence-corrected chi connectivity index (χ2v) is 8.65. The number of halogens is 1. The van der Waals surface area contributed by atoms with Crippen molar-refractivity contribution in [2.24, 2.45) is 5.92 Å². The molecule has 2 saturated heterocycles. The van der Waals surface area contributed by atoms with Crippen molar-refractivity contribution in [3.63, 3.8) is 0 Å². The summed E-state index contributed by atoms with van der Waals surface area (Å²) < 4.78 is 1.19. The van der Waals surface area contributed by atoms with Crippen LogP contribution in [0.25, 0.3) is 0 Å². The summed E-state index contributed by atoms with van der Waals surface area (Å²) in [5, 5.41) is 11.8. The van der Waals surface area contributed by atoms with Gasteiger partial charge in [0.25, 0.3) is 0 Å². The molecule has 0 radical (unpaired) electrons. The quantitative estimate of drug-likeness (QED) is 0.746. The highest BCUT2D eigenvalue weighted by Crippen LogP contribution is 2.47. The number of fused-ring (bicyclic) bond motifs is 2. The summed E-state index contributed by atoms with van der Waals surface area (Å²) in [7, 11) is 4.80. The van der Waals surface area contributed by atoms with Gasteiger partial charge in [0.1, 0.15) is 5.60 Å². The van der Waals surface area contributed by atoms with Crippen molar-refractivity contribution in [3.8, 4) is 0 Å². The third kappa shape index (κ3) is 3.37. The van der Waals surface area contributed by atoms with E-state index in [0.717, 1.165) is 29.6 Å². The maximum atomic E-state index is 11.8. The van der Waals surface area contributed by atoms with Crippen LogP contribution in [-0.2, 0) is 5.60 Å². The molecule has 0 saturated carbocycles. The van der Waals surface area contributed by atoms with Gasteiger partial charge in [0.05, 0.1) is 26.2 Å². The molecular formula is C23H30BrNO. The third-order valence-electron chi connectivity index (χ3n) is 7.01. The molecule has 2 bridgehead atoms. The number of hydrogen-bond donors (Lipinski definition) is 1. The molecule has 2 aliphatic heterocycles. The van der Waals surface area contributed by atoms with Crippen LogP contribution in [0.5, 0.6) is 0 Å². The van der Waals surface area contributed by atoms with E-state index in [1.165, 1.54) is 30.2 Å². The molecule has 0 aliphatic carbocycles. The standard InChI is InChI=1S/C23H30NO.BrH/c1-24(2)21-13-14-22(24)16-18(15-21)17-23(25,19-9-5-3-6-10-19)20-11-7-4-8-12-20;/h3-12,18,21-22,25H,13-17H2,1-2H3;1H/q+1;/p-1/t18?,21-,22+;. The molecule has 2 aromatic rings. The Kier molecular flexibility index (Phi) is 5.62. The highest BCUT2D eigenvalue weighted by molar-refractivity contribution is 5.36. The first-order valence-corrected chi connectivity index (χ1v) is 9.67. The predicted octanol–water partition coefficient (Wildman–Crippen LogP) is 1.33. The SMILES string of the molecule is C[N+]1(C)[C@@H]2CC[C@H]1CC(CC(O)(c1ccccc1)c1ccccc1)C2.[Br-]. The maximum Gasteiger partial charge on any atom is 0.115 e. The molecule has 2 aromatic carbocycles. The topological polar surface area (TPSA) is 20.2 Å². The molecule has 2 nitrogen and oxygen atoms in total. The first kappa shape index (κ1) is 19.6. The van der Waals surface area contributed by atoms with Crippen LogP contribution in [0.3, 0.4) is 0 Å². The largest absolute Gasteiger partial charge is 1.00 e. The zero-order chi connectivity index (χ0) is 17.5. The van der Waals surface area contributed by atoms with Gasteiger partial charge in [-0.25, -0.2) is 0 Å². The molecule has 26 heavy (non-hydrogen) atoms. The van der Waals surface area contributed by atoms with Crippen molar-refractivity contribution >= 4 is 0 Å². The normalized spacial score (nSPS) is 27.0. The van der Waals surface area contributed by atoms with E-state index >= 15 is 0 Å². The summed E-state index contributed by atoms with van der Waals surface area (Å²) in [5.41, 5.74) is 1.15. The number of quaternary nitrogens is 1. The van der Waals surface area contributed by atoms with Gasteiger partial charge in [0.15, 0.2) is 0 Å². The third-order valence-corrected chi connectivity index (χ3v) is 7.01. The minimum Gasteiger partial charge on any atom is -1.00 e. The van der Waals surface area contributed by atoms with Crippen molar-refractivity contribution in [3.05, 3.63) is 71.8 Å². The minimum absolute atomic E-state index is 0. The Morgan fingerprint density at radius 1 is 0.846 bits per heavy atom. The van der Waals surface area contributed by atoms with E-state index in [-0.39, 0.29) is 17.0 Å². The molecule has 3 heteroatoms. The molecule has 140 valence electrons. The molecule has 4 rings (SSSR count). The zero-order valence-electron chi connectivity index (χ0n) is 15.8. The van der Waals surface area contributed by atoms with Crippen molar-refractivity contribution in [1.82, 2.24) is 0 Å². The molecule has 2 aliphatic rings. The average Bonchev–Trinajstić information content (AvgIpc) is 2.80. The van der Waals surface area contributed by atoms with E-state index in [1.807, 2.05) is 36.4 Å². The van der Waals surface area contributed by atoms with E-state index in [1.54, 1.807) is 0 Å². The van der Waals surface area contributed by atoms with Gasteiger partial charge in [-0.3, -0.25) is 0 Å². The summed E-state index contributed by atoms with van der Waals surface area (Å²) in [5.74, 6) is 0.592. The number of hydrogen-bond acceptors (Lipinski definition) is 1. The highest BCUT2D eigenvalue weighted by atomic mass is 79.9. The van der Waals surface area contributed by atoms with Gasteiger partial charge in [-0.15, -0.1) is 0 Å².